The van der Waals surface area contributed by atoms with Crippen LogP contribution in [0.15, 0.2) is 24.3 Å². The Morgan fingerprint density at radius 3 is 2.68 bits per heavy atom. The largest absolute Gasteiger partial charge is 0.373 e. The number of nitrogens with one attached hydrogen (secondary N) is 1. The maximum Gasteiger partial charge on any atom is 0.264 e. The summed E-state index contributed by atoms with van der Waals surface area (Å²) in [6, 6.07) is 6.94. The van der Waals surface area contributed by atoms with Gasteiger partial charge >= 0.3 is 0 Å². The Balaban J connectivity index is 2.17. The highest BCUT2D eigenvalue weighted by Gasteiger charge is 2.33. The molecule has 1 N–H and O–H groups in total. The van der Waals surface area contributed by atoms with E-state index < -0.39 is 0 Å². The van der Waals surface area contributed by atoms with Crippen LogP contribution in [0.25, 0.3) is 0 Å². The number of carbonyl (C=O) groups excluding carboxylic acids is 1. The van der Waals surface area contributed by atoms with Gasteiger partial charge in [-0.05, 0) is 36.6 Å². The molecule has 2 atom stereocenters. The van der Waals surface area contributed by atoms with Crippen molar-refractivity contribution in [2.24, 2.45) is 5.92 Å². The van der Waals surface area contributed by atoms with Gasteiger partial charge in [0, 0.05) is 17.3 Å². The van der Waals surface area contributed by atoms with Gasteiger partial charge in [-0.2, -0.15) is 5.26 Å². The van der Waals surface area contributed by atoms with E-state index in [1.807, 2.05) is 19.1 Å². The first kappa shape index (κ1) is 16.4. The standard InChI is InChI=1S/C16H21ClN4O/c1-3-12(2)15(19-14-7-5-13(17)6-8-14)16(22)21-10-4-9-20(21)11-18/h5-8,12,15,19H,3-4,9-10H2,1-2H3. The zero-order valence-electron chi connectivity index (χ0n) is 12.9. The molecule has 1 fully saturated rings. The van der Waals surface area contributed by atoms with Crippen molar-refractivity contribution < 1.29 is 4.79 Å². The molecule has 0 aromatic heterocycles. The van der Waals surface area contributed by atoms with Gasteiger partial charge < -0.3 is 5.32 Å². The van der Waals surface area contributed by atoms with Gasteiger partial charge in [0.1, 0.15) is 6.04 Å². The summed E-state index contributed by atoms with van der Waals surface area (Å²) < 4.78 is 0. The van der Waals surface area contributed by atoms with Crippen molar-refractivity contribution in [2.75, 3.05) is 18.4 Å². The van der Waals surface area contributed by atoms with E-state index in [4.69, 9.17) is 16.9 Å². The number of benzene rings is 1. The molecule has 22 heavy (non-hydrogen) atoms. The summed E-state index contributed by atoms with van der Waals surface area (Å²) >= 11 is 5.90. The molecule has 0 saturated carbocycles. The minimum atomic E-state index is -0.361. The number of amides is 1. The summed E-state index contributed by atoms with van der Waals surface area (Å²) in [5.41, 5.74) is 0.853. The van der Waals surface area contributed by atoms with Crippen LogP contribution in [0.2, 0.25) is 5.02 Å². The number of nitrogens with zero attached hydrogens (tertiary/aromatic N) is 3. The first-order valence-corrected chi connectivity index (χ1v) is 7.95. The molecule has 1 amide bonds. The molecule has 1 heterocycles. The van der Waals surface area contributed by atoms with Crippen molar-refractivity contribution in [3.05, 3.63) is 29.3 Å². The minimum absolute atomic E-state index is 0.0525. The van der Waals surface area contributed by atoms with E-state index in [0.29, 0.717) is 18.1 Å². The van der Waals surface area contributed by atoms with Gasteiger partial charge in [0.15, 0.2) is 6.19 Å². The molecule has 0 aliphatic carbocycles. The van der Waals surface area contributed by atoms with Crippen LogP contribution in [-0.4, -0.2) is 35.1 Å². The Kier molecular flexibility index (Phi) is 5.51. The topological polar surface area (TPSA) is 59.4 Å². The van der Waals surface area contributed by atoms with Crippen LogP contribution in [0, 0.1) is 17.4 Å². The van der Waals surface area contributed by atoms with E-state index in [1.165, 1.54) is 5.01 Å². The molecule has 1 saturated heterocycles. The molecule has 6 heteroatoms. The normalized spacial score (nSPS) is 17.0. The highest BCUT2D eigenvalue weighted by Crippen LogP contribution is 2.21. The first-order chi connectivity index (χ1) is 10.6. The third-order valence-electron chi connectivity index (χ3n) is 4.05. The quantitative estimate of drug-likeness (QED) is 0.847. The summed E-state index contributed by atoms with van der Waals surface area (Å²) in [7, 11) is 0. The third-order valence-corrected chi connectivity index (χ3v) is 4.30. The predicted octanol–water partition coefficient (Wildman–Crippen LogP) is 3.10. The number of nitriles is 1. The lowest BCUT2D eigenvalue weighted by Crippen LogP contribution is -2.49. The van der Waals surface area contributed by atoms with Crippen molar-refractivity contribution >= 4 is 23.2 Å². The Morgan fingerprint density at radius 1 is 1.41 bits per heavy atom. The second-order valence-corrected chi connectivity index (χ2v) is 5.99. The van der Waals surface area contributed by atoms with Gasteiger partial charge in [-0.1, -0.05) is 31.9 Å². The highest BCUT2D eigenvalue weighted by atomic mass is 35.5. The number of anilines is 1. The van der Waals surface area contributed by atoms with E-state index in [1.54, 1.807) is 17.1 Å². The van der Waals surface area contributed by atoms with Crippen molar-refractivity contribution in [2.45, 2.75) is 32.7 Å². The number of halogens is 1. The Morgan fingerprint density at radius 2 is 2.09 bits per heavy atom. The maximum absolute atomic E-state index is 12.8. The van der Waals surface area contributed by atoms with Crippen LogP contribution in [0.3, 0.4) is 0 Å². The number of hydrazine groups is 1. The number of hydrogen-bond donors (Lipinski definition) is 1. The monoisotopic (exact) mass is 320 g/mol. The fourth-order valence-electron chi connectivity index (χ4n) is 2.51. The second kappa shape index (κ2) is 7.37. The zero-order chi connectivity index (χ0) is 16.1. The zero-order valence-corrected chi connectivity index (χ0v) is 13.7. The Hall–Kier alpha value is -1.93. The summed E-state index contributed by atoms with van der Waals surface area (Å²) in [5, 5.41) is 16.1. The first-order valence-electron chi connectivity index (χ1n) is 7.57. The molecule has 5 nitrogen and oxygen atoms in total. The van der Waals surface area contributed by atoms with Crippen molar-refractivity contribution in [3.63, 3.8) is 0 Å². The lowest BCUT2D eigenvalue weighted by atomic mass is 9.97. The Bertz CT molecular complexity index is 554. The highest BCUT2D eigenvalue weighted by molar-refractivity contribution is 6.30. The molecule has 1 aromatic rings. The molecule has 2 unspecified atom stereocenters. The molecule has 118 valence electrons. The summed E-state index contributed by atoms with van der Waals surface area (Å²) in [5.74, 6) is 0.104. The maximum atomic E-state index is 12.8. The van der Waals surface area contributed by atoms with Crippen molar-refractivity contribution in [1.29, 1.82) is 5.26 Å². The fraction of sp³-hybridized carbons (Fsp3) is 0.500. The molecule has 0 bridgehead atoms. The van der Waals surface area contributed by atoms with Crippen molar-refractivity contribution in [1.82, 2.24) is 10.0 Å². The molecule has 0 radical (unpaired) electrons. The van der Waals surface area contributed by atoms with Gasteiger partial charge in [-0.15, -0.1) is 0 Å². The van der Waals surface area contributed by atoms with Crippen LogP contribution in [0.5, 0.6) is 0 Å². The fourth-order valence-corrected chi connectivity index (χ4v) is 2.64. The predicted molar refractivity (Wildman–Crippen MR) is 87.0 cm³/mol. The molecular weight excluding hydrogens is 300 g/mol. The van der Waals surface area contributed by atoms with E-state index in [-0.39, 0.29) is 17.9 Å². The molecule has 1 aliphatic rings. The van der Waals surface area contributed by atoms with E-state index in [9.17, 15) is 4.79 Å². The summed E-state index contributed by atoms with van der Waals surface area (Å²) in [6.45, 7) is 5.30. The van der Waals surface area contributed by atoms with Gasteiger partial charge in [0.2, 0.25) is 0 Å². The molecule has 1 aromatic carbocycles. The van der Waals surface area contributed by atoms with Crippen LogP contribution >= 0.6 is 11.6 Å². The third kappa shape index (κ3) is 3.63. The van der Waals surface area contributed by atoms with Gasteiger partial charge in [0.25, 0.3) is 5.91 Å². The SMILES string of the molecule is CCC(C)C(Nc1ccc(Cl)cc1)C(=O)N1CCCN1C#N. The van der Waals surface area contributed by atoms with Gasteiger partial charge in [0.05, 0.1) is 6.54 Å². The van der Waals surface area contributed by atoms with E-state index >= 15 is 0 Å². The van der Waals surface area contributed by atoms with Crippen molar-refractivity contribution in [3.8, 4) is 6.19 Å². The molecular formula is C16H21ClN4O. The van der Waals surface area contributed by atoms with Gasteiger partial charge in [-0.25, -0.2) is 10.0 Å². The minimum Gasteiger partial charge on any atom is -0.373 e. The molecule has 0 spiro atoms. The van der Waals surface area contributed by atoms with Gasteiger partial charge in [-0.3, -0.25) is 4.79 Å². The van der Waals surface area contributed by atoms with Crippen LogP contribution in [-0.2, 0) is 4.79 Å². The number of carbonyl (C=O) groups is 1. The molecule has 2 rings (SSSR count). The van der Waals surface area contributed by atoms with Crippen LogP contribution in [0.1, 0.15) is 26.7 Å². The van der Waals surface area contributed by atoms with E-state index in [0.717, 1.165) is 18.5 Å². The number of rotatable bonds is 5. The average molecular weight is 321 g/mol. The lowest BCUT2D eigenvalue weighted by molar-refractivity contribution is -0.141. The number of hydrogen-bond acceptors (Lipinski definition) is 4. The summed E-state index contributed by atoms with van der Waals surface area (Å²) in [6.07, 6.45) is 3.77. The van der Waals surface area contributed by atoms with Crippen LogP contribution in [0.4, 0.5) is 5.69 Å². The van der Waals surface area contributed by atoms with E-state index in [2.05, 4.69) is 18.4 Å². The molecule has 1 aliphatic heterocycles. The average Bonchev–Trinajstić information content (AvgIpc) is 3.01. The second-order valence-electron chi connectivity index (χ2n) is 5.55. The smallest absolute Gasteiger partial charge is 0.264 e. The Labute approximate surface area is 136 Å². The summed E-state index contributed by atoms with van der Waals surface area (Å²) in [4.78, 5) is 12.8. The van der Waals surface area contributed by atoms with Crippen LogP contribution < -0.4 is 5.32 Å². The lowest BCUT2D eigenvalue weighted by Gasteiger charge is -2.31.